The first kappa shape index (κ1) is 16.0. The fraction of sp³-hybridized carbons (Fsp3) is 0.643. The third-order valence-electron chi connectivity index (χ3n) is 3.69. The molecule has 2 rings (SSSR count). The van der Waals surface area contributed by atoms with Gasteiger partial charge in [0.05, 0.1) is 0 Å². The van der Waals surface area contributed by atoms with Crippen LogP contribution in [0.1, 0.15) is 20.3 Å². The second-order valence-corrected chi connectivity index (χ2v) is 5.68. The Bertz CT molecular complexity index is 473. The standard InChI is InChI=1S/C14H19F4N3/c1-9(2)3-4-20-5-7-21(8-6-20)12-10(15)13(17)19-14(18)11(12)16/h9H,3-8H2,1-2H3. The summed E-state index contributed by atoms with van der Waals surface area (Å²) in [6.45, 7) is 7.04. The van der Waals surface area contributed by atoms with Crippen molar-refractivity contribution < 1.29 is 17.6 Å². The van der Waals surface area contributed by atoms with E-state index in [0.29, 0.717) is 32.1 Å². The largest absolute Gasteiger partial charge is 0.364 e. The zero-order chi connectivity index (χ0) is 15.6. The molecule has 2 heterocycles. The zero-order valence-corrected chi connectivity index (χ0v) is 12.2. The molecule has 1 aliphatic heterocycles. The van der Waals surface area contributed by atoms with E-state index in [1.807, 2.05) is 0 Å². The Morgan fingerprint density at radius 1 is 0.952 bits per heavy atom. The van der Waals surface area contributed by atoms with Crippen molar-refractivity contribution >= 4 is 5.69 Å². The summed E-state index contributed by atoms with van der Waals surface area (Å²) in [4.78, 5) is 6.09. The molecule has 1 aliphatic rings. The van der Waals surface area contributed by atoms with Crippen LogP contribution in [0.5, 0.6) is 0 Å². The van der Waals surface area contributed by atoms with Crippen LogP contribution in [0.3, 0.4) is 0 Å². The highest BCUT2D eigenvalue weighted by Crippen LogP contribution is 2.27. The molecule has 0 unspecified atom stereocenters. The first-order valence-electron chi connectivity index (χ1n) is 7.07. The van der Waals surface area contributed by atoms with E-state index in [0.717, 1.165) is 13.0 Å². The van der Waals surface area contributed by atoms with Crippen molar-refractivity contribution in [2.45, 2.75) is 20.3 Å². The van der Waals surface area contributed by atoms with Crippen LogP contribution >= 0.6 is 0 Å². The van der Waals surface area contributed by atoms with Crippen LogP contribution in [0.4, 0.5) is 23.2 Å². The Morgan fingerprint density at radius 3 is 1.95 bits per heavy atom. The minimum Gasteiger partial charge on any atom is -0.364 e. The number of aromatic nitrogens is 1. The molecule has 1 saturated heterocycles. The van der Waals surface area contributed by atoms with Gasteiger partial charge in [-0.1, -0.05) is 13.8 Å². The Hall–Kier alpha value is -1.37. The normalized spacial score (nSPS) is 16.8. The van der Waals surface area contributed by atoms with E-state index in [9.17, 15) is 17.6 Å². The van der Waals surface area contributed by atoms with Crippen molar-refractivity contribution in [3.05, 3.63) is 23.5 Å². The van der Waals surface area contributed by atoms with Crippen LogP contribution in [0, 0.1) is 29.4 Å². The number of anilines is 1. The lowest BCUT2D eigenvalue weighted by atomic mass is 10.1. The number of halogens is 4. The summed E-state index contributed by atoms with van der Waals surface area (Å²) in [5.74, 6) is -5.48. The number of hydrogen-bond donors (Lipinski definition) is 0. The molecule has 7 heteroatoms. The predicted molar refractivity (Wildman–Crippen MR) is 72.2 cm³/mol. The maximum atomic E-state index is 13.7. The molecule has 118 valence electrons. The van der Waals surface area contributed by atoms with Crippen molar-refractivity contribution in [2.75, 3.05) is 37.6 Å². The van der Waals surface area contributed by atoms with Crippen LogP contribution in [0.25, 0.3) is 0 Å². The molecule has 0 amide bonds. The predicted octanol–water partition coefficient (Wildman–Crippen LogP) is 2.81. The third-order valence-corrected chi connectivity index (χ3v) is 3.69. The van der Waals surface area contributed by atoms with Crippen LogP contribution in [-0.2, 0) is 0 Å². The van der Waals surface area contributed by atoms with Gasteiger partial charge in [0.1, 0.15) is 5.69 Å². The maximum Gasteiger partial charge on any atom is 0.253 e. The van der Waals surface area contributed by atoms with Gasteiger partial charge >= 0.3 is 0 Å². The van der Waals surface area contributed by atoms with Crippen molar-refractivity contribution in [1.29, 1.82) is 0 Å². The summed E-state index contributed by atoms with van der Waals surface area (Å²) < 4.78 is 53.6. The average molecular weight is 305 g/mol. The fourth-order valence-electron chi connectivity index (χ4n) is 2.39. The van der Waals surface area contributed by atoms with Gasteiger partial charge in [-0.25, -0.2) is 0 Å². The quantitative estimate of drug-likeness (QED) is 0.630. The molecule has 0 aliphatic carbocycles. The maximum absolute atomic E-state index is 13.7. The van der Waals surface area contributed by atoms with E-state index in [4.69, 9.17) is 0 Å². The SMILES string of the molecule is CC(C)CCN1CCN(c2c(F)c(F)nc(F)c2F)CC1. The lowest BCUT2D eigenvalue weighted by molar-refractivity contribution is 0.241. The Balaban J connectivity index is 2.06. The zero-order valence-electron chi connectivity index (χ0n) is 12.2. The molecule has 0 aromatic carbocycles. The number of pyridine rings is 1. The summed E-state index contributed by atoms with van der Waals surface area (Å²) in [7, 11) is 0. The monoisotopic (exact) mass is 305 g/mol. The molecule has 0 bridgehead atoms. The first-order valence-corrected chi connectivity index (χ1v) is 7.07. The van der Waals surface area contributed by atoms with Gasteiger partial charge in [-0.05, 0) is 18.9 Å². The lowest BCUT2D eigenvalue weighted by Crippen LogP contribution is -2.47. The summed E-state index contributed by atoms with van der Waals surface area (Å²) in [5, 5.41) is 0. The van der Waals surface area contributed by atoms with Crippen molar-refractivity contribution in [2.24, 2.45) is 5.92 Å². The first-order chi connectivity index (χ1) is 9.90. The fourth-order valence-corrected chi connectivity index (χ4v) is 2.39. The minimum absolute atomic E-state index is 0.328. The summed E-state index contributed by atoms with van der Waals surface area (Å²) in [5.41, 5.74) is -0.650. The van der Waals surface area contributed by atoms with E-state index in [1.54, 1.807) is 0 Å². The molecule has 1 fully saturated rings. The van der Waals surface area contributed by atoms with Crippen molar-refractivity contribution in [3.8, 4) is 0 Å². The van der Waals surface area contributed by atoms with Crippen molar-refractivity contribution in [3.63, 3.8) is 0 Å². The average Bonchev–Trinajstić information content (AvgIpc) is 2.44. The molecule has 3 nitrogen and oxygen atoms in total. The molecule has 1 aromatic rings. The second-order valence-electron chi connectivity index (χ2n) is 5.68. The summed E-state index contributed by atoms with van der Waals surface area (Å²) >= 11 is 0. The molecular weight excluding hydrogens is 286 g/mol. The van der Waals surface area contributed by atoms with Crippen LogP contribution in [0.2, 0.25) is 0 Å². The molecule has 21 heavy (non-hydrogen) atoms. The number of hydrogen-bond acceptors (Lipinski definition) is 3. The van der Waals surface area contributed by atoms with Crippen LogP contribution in [0.15, 0.2) is 0 Å². The third kappa shape index (κ3) is 3.64. The molecule has 0 saturated carbocycles. The molecular formula is C14H19F4N3. The number of nitrogens with zero attached hydrogens (tertiary/aromatic N) is 3. The highest BCUT2D eigenvalue weighted by molar-refractivity contribution is 5.49. The molecule has 1 aromatic heterocycles. The molecule has 0 spiro atoms. The van der Waals surface area contributed by atoms with Crippen LogP contribution < -0.4 is 4.90 Å². The van der Waals surface area contributed by atoms with E-state index < -0.39 is 29.2 Å². The smallest absolute Gasteiger partial charge is 0.253 e. The molecule has 0 atom stereocenters. The second kappa shape index (κ2) is 6.60. The molecule has 0 radical (unpaired) electrons. The minimum atomic E-state index is -1.61. The highest BCUT2D eigenvalue weighted by Gasteiger charge is 2.27. The van der Waals surface area contributed by atoms with Gasteiger partial charge in [0, 0.05) is 26.2 Å². The Morgan fingerprint density at radius 2 is 1.48 bits per heavy atom. The van der Waals surface area contributed by atoms with Crippen LogP contribution in [-0.4, -0.2) is 42.6 Å². The lowest BCUT2D eigenvalue weighted by Gasteiger charge is -2.36. The number of piperazine rings is 1. The van der Waals surface area contributed by atoms with E-state index in [-0.39, 0.29) is 0 Å². The van der Waals surface area contributed by atoms with Gasteiger partial charge in [0.15, 0.2) is 0 Å². The summed E-state index contributed by atoms with van der Waals surface area (Å²) in [6.07, 6.45) is 1.04. The van der Waals surface area contributed by atoms with Gasteiger partial charge < -0.3 is 4.90 Å². The van der Waals surface area contributed by atoms with E-state index >= 15 is 0 Å². The highest BCUT2D eigenvalue weighted by atomic mass is 19.2. The van der Waals surface area contributed by atoms with Gasteiger partial charge in [-0.3, -0.25) is 4.90 Å². The van der Waals surface area contributed by atoms with Gasteiger partial charge in [-0.15, -0.1) is 0 Å². The van der Waals surface area contributed by atoms with Crippen molar-refractivity contribution in [1.82, 2.24) is 9.88 Å². The molecule has 0 N–H and O–H groups in total. The Kier molecular flexibility index (Phi) is 5.03. The van der Waals surface area contributed by atoms with Gasteiger partial charge in [0.2, 0.25) is 11.6 Å². The summed E-state index contributed by atoms with van der Waals surface area (Å²) in [6, 6.07) is 0. The van der Waals surface area contributed by atoms with E-state index in [2.05, 4.69) is 23.7 Å². The topological polar surface area (TPSA) is 19.4 Å². The number of rotatable bonds is 4. The Labute approximate surface area is 121 Å². The van der Waals surface area contributed by atoms with Gasteiger partial charge in [0.25, 0.3) is 11.9 Å². The van der Waals surface area contributed by atoms with E-state index in [1.165, 1.54) is 4.90 Å². The van der Waals surface area contributed by atoms with Gasteiger partial charge in [-0.2, -0.15) is 22.5 Å².